The number of benzene rings is 1. The Hall–Kier alpha value is -1.67. The van der Waals surface area contributed by atoms with E-state index in [1.807, 2.05) is 0 Å². The Bertz CT molecular complexity index is 452. The van der Waals surface area contributed by atoms with Crippen LogP contribution in [-0.4, -0.2) is 61.5 Å². The van der Waals surface area contributed by atoms with Crippen molar-refractivity contribution in [3.05, 3.63) is 29.8 Å². The summed E-state index contributed by atoms with van der Waals surface area (Å²) in [7, 11) is 0. The zero-order chi connectivity index (χ0) is 15.1. The number of carbonyl (C=O) groups is 1. The van der Waals surface area contributed by atoms with Gasteiger partial charge in [-0.05, 0) is 24.3 Å². The maximum Gasteiger partial charge on any atom is 0.265 e. The number of nitrogens with one attached hydrogen (secondary N) is 1. The average molecular weight is 295 g/mol. The Morgan fingerprint density at radius 1 is 1.48 bits per heavy atom. The van der Waals surface area contributed by atoms with Gasteiger partial charge in [-0.2, -0.15) is 0 Å². The van der Waals surface area contributed by atoms with E-state index in [1.165, 1.54) is 0 Å². The molecule has 0 saturated carbocycles. The Morgan fingerprint density at radius 3 is 2.90 bits per heavy atom. The van der Waals surface area contributed by atoms with Crippen molar-refractivity contribution in [2.45, 2.75) is 6.04 Å². The van der Waals surface area contributed by atoms with Crippen LogP contribution in [0.25, 0.3) is 0 Å². The highest BCUT2D eigenvalue weighted by Gasteiger charge is 2.21. The van der Waals surface area contributed by atoms with Crippen molar-refractivity contribution in [3.63, 3.8) is 0 Å². The van der Waals surface area contributed by atoms with E-state index in [0.29, 0.717) is 31.1 Å². The van der Waals surface area contributed by atoms with Crippen LogP contribution in [0.5, 0.6) is 5.75 Å². The summed E-state index contributed by atoms with van der Waals surface area (Å²) in [6.45, 7) is 3.35. The molecule has 1 atom stereocenters. The molecule has 1 saturated heterocycles. The number of aliphatic hydroxyl groups is 1. The van der Waals surface area contributed by atoms with Crippen molar-refractivity contribution in [2.24, 2.45) is 5.84 Å². The molecule has 0 bridgehead atoms. The van der Waals surface area contributed by atoms with Gasteiger partial charge < -0.3 is 14.6 Å². The third-order valence-electron chi connectivity index (χ3n) is 3.46. The lowest BCUT2D eigenvalue weighted by molar-refractivity contribution is -0.0312. The van der Waals surface area contributed by atoms with Crippen molar-refractivity contribution in [3.8, 4) is 5.75 Å². The number of hydrazine groups is 1. The molecule has 7 heteroatoms. The minimum absolute atomic E-state index is 0.0398. The van der Waals surface area contributed by atoms with E-state index in [2.05, 4.69) is 10.3 Å². The predicted molar refractivity (Wildman–Crippen MR) is 76.9 cm³/mol. The molecule has 1 aliphatic rings. The van der Waals surface area contributed by atoms with Gasteiger partial charge in [0.05, 0.1) is 25.9 Å². The molecule has 0 aliphatic carbocycles. The summed E-state index contributed by atoms with van der Waals surface area (Å²) in [5.74, 6) is 5.42. The zero-order valence-corrected chi connectivity index (χ0v) is 11.8. The van der Waals surface area contributed by atoms with E-state index in [4.69, 9.17) is 15.3 Å². The van der Waals surface area contributed by atoms with Crippen molar-refractivity contribution in [1.82, 2.24) is 10.3 Å². The summed E-state index contributed by atoms with van der Waals surface area (Å²) in [6.07, 6.45) is 0. The predicted octanol–water partition coefficient (Wildman–Crippen LogP) is -0.638. The smallest absolute Gasteiger partial charge is 0.265 e. The summed E-state index contributed by atoms with van der Waals surface area (Å²) in [4.78, 5) is 13.4. The monoisotopic (exact) mass is 295 g/mol. The molecule has 2 rings (SSSR count). The highest BCUT2D eigenvalue weighted by atomic mass is 16.5. The van der Waals surface area contributed by atoms with Gasteiger partial charge in [-0.3, -0.25) is 15.1 Å². The summed E-state index contributed by atoms with van der Waals surface area (Å²) < 4.78 is 11.0. The van der Waals surface area contributed by atoms with E-state index in [1.54, 1.807) is 24.3 Å². The van der Waals surface area contributed by atoms with Crippen molar-refractivity contribution in [2.75, 3.05) is 39.5 Å². The lowest BCUT2D eigenvalue weighted by atomic mass is 10.2. The molecule has 1 unspecified atom stereocenters. The second-order valence-corrected chi connectivity index (χ2v) is 4.79. The molecular formula is C14H21N3O4. The average Bonchev–Trinajstić information content (AvgIpc) is 2.55. The van der Waals surface area contributed by atoms with Crippen LogP contribution in [0, 0.1) is 0 Å². The molecule has 116 valence electrons. The van der Waals surface area contributed by atoms with Gasteiger partial charge >= 0.3 is 0 Å². The molecule has 1 fully saturated rings. The number of nitrogens with two attached hydrogens (primary N) is 1. The van der Waals surface area contributed by atoms with E-state index in [0.717, 1.165) is 13.1 Å². The van der Waals surface area contributed by atoms with Gasteiger partial charge in [0, 0.05) is 18.7 Å². The highest BCUT2D eigenvalue weighted by molar-refractivity contribution is 5.93. The normalized spacial score (nSPS) is 19.2. The number of carbonyl (C=O) groups excluding carboxylic acids is 1. The second kappa shape index (κ2) is 7.94. The maximum absolute atomic E-state index is 11.3. The lowest BCUT2D eigenvalue weighted by Crippen LogP contribution is -2.48. The van der Waals surface area contributed by atoms with Crippen molar-refractivity contribution >= 4 is 5.91 Å². The molecule has 1 aromatic rings. The van der Waals surface area contributed by atoms with Gasteiger partial charge in [0.1, 0.15) is 12.4 Å². The van der Waals surface area contributed by atoms with Gasteiger partial charge in [-0.1, -0.05) is 0 Å². The number of aliphatic hydroxyl groups excluding tert-OH is 1. The molecule has 4 N–H and O–H groups in total. The Balaban J connectivity index is 1.79. The first-order chi connectivity index (χ1) is 10.2. The lowest BCUT2D eigenvalue weighted by Gasteiger charge is -2.34. The zero-order valence-electron chi connectivity index (χ0n) is 11.8. The molecule has 21 heavy (non-hydrogen) atoms. The first kappa shape index (κ1) is 15.7. The second-order valence-electron chi connectivity index (χ2n) is 4.79. The third-order valence-corrected chi connectivity index (χ3v) is 3.46. The van der Waals surface area contributed by atoms with Gasteiger partial charge in [0.2, 0.25) is 0 Å². The van der Waals surface area contributed by atoms with E-state index >= 15 is 0 Å². The van der Waals surface area contributed by atoms with Crippen molar-refractivity contribution < 1.29 is 19.4 Å². The van der Waals surface area contributed by atoms with Crippen LogP contribution in [-0.2, 0) is 4.74 Å². The molecule has 0 spiro atoms. The van der Waals surface area contributed by atoms with Crippen LogP contribution in [0.2, 0.25) is 0 Å². The van der Waals surface area contributed by atoms with Gasteiger partial charge in [0.25, 0.3) is 5.91 Å². The van der Waals surface area contributed by atoms with E-state index < -0.39 is 0 Å². The fourth-order valence-electron chi connectivity index (χ4n) is 2.22. The van der Waals surface area contributed by atoms with Gasteiger partial charge in [0.15, 0.2) is 0 Å². The van der Waals surface area contributed by atoms with Gasteiger partial charge in [-0.15, -0.1) is 0 Å². The summed E-state index contributed by atoms with van der Waals surface area (Å²) in [5.41, 5.74) is 2.56. The van der Waals surface area contributed by atoms with Gasteiger partial charge in [-0.25, -0.2) is 5.84 Å². The Kier molecular flexibility index (Phi) is 5.94. The summed E-state index contributed by atoms with van der Waals surface area (Å²) >= 11 is 0. The van der Waals surface area contributed by atoms with Crippen LogP contribution in [0.3, 0.4) is 0 Å². The quantitative estimate of drug-likeness (QED) is 0.367. The fourth-order valence-corrected chi connectivity index (χ4v) is 2.22. The first-order valence-electron chi connectivity index (χ1n) is 6.91. The molecule has 1 aromatic carbocycles. The third kappa shape index (κ3) is 4.40. The number of ether oxygens (including phenoxy) is 2. The number of hydrogen-bond acceptors (Lipinski definition) is 6. The minimum atomic E-state index is -0.333. The molecule has 1 amide bonds. The van der Waals surface area contributed by atoms with Crippen LogP contribution in [0.1, 0.15) is 10.4 Å². The minimum Gasteiger partial charge on any atom is -0.492 e. The molecule has 7 nitrogen and oxygen atoms in total. The number of nitrogen functional groups attached to an aromatic ring is 1. The molecule has 0 radical (unpaired) electrons. The molecular weight excluding hydrogens is 274 g/mol. The van der Waals surface area contributed by atoms with Crippen LogP contribution >= 0.6 is 0 Å². The van der Waals surface area contributed by atoms with Crippen LogP contribution in [0.4, 0.5) is 0 Å². The van der Waals surface area contributed by atoms with Crippen LogP contribution < -0.4 is 16.0 Å². The molecule has 1 aliphatic heterocycles. The number of rotatable bonds is 6. The van der Waals surface area contributed by atoms with Crippen LogP contribution in [0.15, 0.2) is 24.3 Å². The molecule has 0 aromatic heterocycles. The van der Waals surface area contributed by atoms with E-state index in [-0.39, 0.29) is 18.6 Å². The number of morpholine rings is 1. The SMILES string of the molecule is NNC(=O)c1ccc(OCCN2CCOCC2CO)cc1. The summed E-state index contributed by atoms with van der Waals surface area (Å²) in [6, 6.07) is 6.81. The number of nitrogens with zero attached hydrogens (tertiary/aromatic N) is 1. The maximum atomic E-state index is 11.3. The molecule has 1 heterocycles. The Labute approximate surface area is 123 Å². The Morgan fingerprint density at radius 2 is 2.24 bits per heavy atom. The largest absolute Gasteiger partial charge is 0.492 e. The van der Waals surface area contributed by atoms with E-state index in [9.17, 15) is 9.90 Å². The van der Waals surface area contributed by atoms with Crippen molar-refractivity contribution in [1.29, 1.82) is 0 Å². The number of amides is 1. The topological polar surface area (TPSA) is 97.0 Å². The fraction of sp³-hybridized carbons (Fsp3) is 0.500. The number of hydrogen-bond donors (Lipinski definition) is 3. The standard InChI is InChI=1S/C14H21N3O4/c15-16-14(19)11-1-3-13(4-2-11)21-8-6-17-5-7-20-10-12(17)9-18/h1-4,12,18H,5-10,15H2,(H,16,19). The first-order valence-corrected chi connectivity index (χ1v) is 6.91. The highest BCUT2D eigenvalue weighted by Crippen LogP contribution is 2.13. The summed E-state index contributed by atoms with van der Waals surface area (Å²) in [5, 5.41) is 9.27.